The van der Waals surface area contributed by atoms with Gasteiger partial charge in [-0.15, -0.1) is 0 Å². The summed E-state index contributed by atoms with van der Waals surface area (Å²) in [7, 11) is 0. The van der Waals surface area contributed by atoms with E-state index < -0.39 is 5.97 Å². The fraction of sp³-hybridized carbons (Fsp3) is 0.263. The monoisotopic (exact) mass is 341 g/mol. The predicted molar refractivity (Wildman–Crippen MR) is 92.0 cm³/mol. The van der Waals surface area contributed by atoms with Gasteiger partial charge in [0.1, 0.15) is 23.7 Å². The van der Waals surface area contributed by atoms with Crippen LogP contribution in [0.2, 0.25) is 0 Å². The summed E-state index contributed by atoms with van der Waals surface area (Å²) in [5.74, 6) is 0.0780. The number of esters is 1. The maximum atomic E-state index is 12.2. The van der Waals surface area contributed by atoms with E-state index in [0.717, 1.165) is 0 Å². The number of anilines is 1. The van der Waals surface area contributed by atoms with Gasteiger partial charge in [-0.1, -0.05) is 18.2 Å². The molecule has 3 rings (SSSR count). The van der Waals surface area contributed by atoms with Crippen LogP contribution in [0.3, 0.4) is 0 Å². The topological polar surface area (TPSA) is 77.2 Å². The zero-order valence-corrected chi connectivity index (χ0v) is 14.1. The van der Waals surface area contributed by atoms with Crippen LogP contribution in [0.5, 0.6) is 11.5 Å². The number of ether oxygens (including phenoxy) is 3. The van der Waals surface area contributed by atoms with E-state index in [4.69, 9.17) is 14.2 Å². The van der Waals surface area contributed by atoms with Crippen LogP contribution < -0.4 is 14.8 Å². The van der Waals surface area contributed by atoms with Gasteiger partial charge in [-0.05, 0) is 31.2 Å². The third-order valence-electron chi connectivity index (χ3n) is 3.65. The van der Waals surface area contributed by atoms with E-state index in [9.17, 15) is 9.59 Å². The molecule has 0 aliphatic carbocycles. The Morgan fingerprint density at radius 1 is 1.20 bits per heavy atom. The fourth-order valence-corrected chi connectivity index (χ4v) is 2.16. The quantitative estimate of drug-likeness (QED) is 0.496. The molecule has 1 fully saturated rings. The maximum Gasteiger partial charge on any atom is 0.343 e. The lowest BCUT2D eigenvalue weighted by atomic mass is 10.2. The smallest absolute Gasteiger partial charge is 0.343 e. The van der Waals surface area contributed by atoms with E-state index in [1.54, 1.807) is 42.5 Å². The average Bonchev–Trinajstić information content (AvgIpc) is 3.33. The van der Waals surface area contributed by atoms with Crippen LogP contribution in [0.15, 0.2) is 48.5 Å². The normalized spacial score (nSPS) is 18.3. The minimum Gasteiger partial charge on any atom is -0.488 e. The Hall–Kier alpha value is -2.86. The van der Waals surface area contributed by atoms with Crippen molar-refractivity contribution in [3.05, 3.63) is 54.1 Å². The summed E-state index contributed by atoms with van der Waals surface area (Å²) in [4.78, 5) is 23.5. The first-order chi connectivity index (χ1) is 12.0. The van der Waals surface area contributed by atoms with Gasteiger partial charge in [0.15, 0.2) is 0 Å². The molecule has 0 unspecified atom stereocenters. The first-order valence-electron chi connectivity index (χ1n) is 7.91. The molecular weight excluding hydrogens is 322 g/mol. The number of hydrogen-bond donors (Lipinski definition) is 1. The lowest BCUT2D eigenvalue weighted by Crippen LogP contribution is -2.18. The summed E-state index contributed by atoms with van der Waals surface area (Å²) < 4.78 is 16.4. The molecule has 0 spiro atoms. The Morgan fingerprint density at radius 2 is 1.92 bits per heavy atom. The minimum absolute atomic E-state index is 0.215. The van der Waals surface area contributed by atoms with Gasteiger partial charge in [-0.2, -0.15) is 0 Å². The number of amides is 1. The highest BCUT2D eigenvalue weighted by Gasteiger charge is 2.40. The van der Waals surface area contributed by atoms with Crippen molar-refractivity contribution < 1.29 is 23.8 Å². The minimum atomic E-state index is -0.462. The third kappa shape index (κ3) is 4.58. The van der Waals surface area contributed by atoms with Crippen molar-refractivity contribution in [3.63, 3.8) is 0 Å². The predicted octanol–water partition coefficient (Wildman–Crippen LogP) is 3.03. The molecule has 2 aromatic carbocycles. The maximum absolute atomic E-state index is 12.2. The largest absolute Gasteiger partial charge is 0.488 e. The zero-order valence-electron chi connectivity index (χ0n) is 14.1. The lowest BCUT2D eigenvalue weighted by molar-refractivity contribution is -0.114. The van der Waals surface area contributed by atoms with Crippen molar-refractivity contribution in [2.75, 3.05) is 18.5 Å². The summed E-state index contributed by atoms with van der Waals surface area (Å²) in [5, 5.41) is 2.70. The fourth-order valence-electron chi connectivity index (χ4n) is 2.16. The summed E-state index contributed by atoms with van der Waals surface area (Å²) >= 11 is 0. The van der Waals surface area contributed by atoms with Gasteiger partial charge >= 0.3 is 5.97 Å². The van der Waals surface area contributed by atoms with E-state index >= 15 is 0 Å². The van der Waals surface area contributed by atoms with Gasteiger partial charge in [0.05, 0.1) is 17.9 Å². The van der Waals surface area contributed by atoms with Gasteiger partial charge in [0, 0.05) is 13.0 Å². The van der Waals surface area contributed by atoms with Crippen LogP contribution >= 0.6 is 0 Å². The van der Waals surface area contributed by atoms with Crippen LogP contribution in [-0.4, -0.2) is 30.7 Å². The number of hydrogen-bond acceptors (Lipinski definition) is 5. The molecule has 1 atom stereocenters. The molecule has 2 aromatic rings. The van der Waals surface area contributed by atoms with Crippen molar-refractivity contribution in [1.82, 2.24) is 0 Å². The van der Waals surface area contributed by atoms with E-state index in [1.165, 1.54) is 6.92 Å². The van der Waals surface area contributed by atoms with Crippen molar-refractivity contribution in [3.8, 4) is 11.5 Å². The number of carbonyl (C=O) groups excluding carboxylic acids is 2. The highest BCUT2D eigenvalue weighted by Crippen LogP contribution is 2.33. The zero-order chi connectivity index (χ0) is 17.9. The molecular formula is C19H19NO5. The number of nitrogens with one attached hydrogen (secondary N) is 1. The van der Waals surface area contributed by atoms with Gasteiger partial charge in [-0.3, -0.25) is 4.79 Å². The highest BCUT2D eigenvalue weighted by molar-refractivity contribution is 5.92. The van der Waals surface area contributed by atoms with E-state index in [2.05, 4.69) is 5.32 Å². The molecule has 0 saturated carbocycles. The van der Waals surface area contributed by atoms with Crippen molar-refractivity contribution in [2.45, 2.75) is 19.4 Å². The highest BCUT2D eigenvalue weighted by atomic mass is 16.6. The summed E-state index contributed by atoms with van der Waals surface area (Å²) in [6, 6.07) is 13.5. The second kappa shape index (κ2) is 6.94. The van der Waals surface area contributed by atoms with Gasteiger partial charge in [0.25, 0.3) is 0 Å². The standard InChI is InChI=1S/C19H19NO5/c1-13(21)20-16-9-8-15(10-17(16)23-11-19(2)12-24-19)25-18(22)14-6-4-3-5-7-14/h3-10H,11-12H2,1-2H3,(H,20,21)/t19-/m0/s1. The number of carbonyl (C=O) groups is 2. The summed E-state index contributed by atoms with van der Waals surface area (Å²) in [5.41, 5.74) is 0.663. The Labute approximate surface area is 145 Å². The molecule has 1 saturated heterocycles. The van der Waals surface area contributed by atoms with Gasteiger partial charge in [0.2, 0.25) is 5.91 Å². The molecule has 25 heavy (non-hydrogen) atoms. The van der Waals surface area contributed by atoms with Crippen molar-refractivity contribution in [2.24, 2.45) is 0 Å². The van der Waals surface area contributed by atoms with Gasteiger partial charge in [-0.25, -0.2) is 4.79 Å². The Morgan fingerprint density at radius 3 is 2.56 bits per heavy atom. The van der Waals surface area contributed by atoms with E-state index in [1.807, 2.05) is 13.0 Å². The molecule has 0 radical (unpaired) electrons. The molecule has 6 heteroatoms. The van der Waals surface area contributed by atoms with Crippen LogP contribution in [-0.2, 0) is 9.53 Å². The van der Waals surface area contributed by atoms with Crippen molar-refractivity contribution in [1.29, 1.82) is 0 Å². The first kappa shape index (κ1) is 17.0. The van der Waals surface area contributed by atoms with Crippen LogP contribution in [0.1, 0.15) is 24.2 Å². The number of epoxide rings is 1. The molecule has 1 N–H and O–H groups in total. The molecule has 1 aliphatic heterocycles. The SMILES string of the molecule is CC(=O)Nc1ccc(OC(=O)c2ccccc2)cc1OC[C@@]1(C)CO1. The lowest BCUT2D eigenvalue weighted by Gasteiger charge is -2.15. The van der Waals surface area contributed by atoms with Crippen LogP contribution in [0.4, 0.5) is 5.69 Å². The second-order valence-corrected chi connectivity index (χ2v) is 6.12. The number of benzene rings is 2. The molecule has 130 valence electrons. The van der Waals surface area contributed by atoms with Gasteiger partial charge < -0.3 is 19.5 Å². The van der Waals surface area contributed by atoms with E-state index in [-0.39, 0.29) is 11.5 Å². The molecule has 1 heterocycles. The Kier molecular flexibility index (Phi) is 4.72. The summed E-state index contributed by atoms with van der Waals surface area (Å²) in [6.07, 6.45) is 0. The average molecular weight is 341 g/mol. The van der Waals surface area contributed by atoms with Crippen LogP contribution in [0.25, 0.3) is 0 Å². The molecule has 6 nitrogen and oxygen atoms in total. The molecule has 0 bridgehead atoms. The Bertz CT molecular complexity index is 784. The molecule has 1 aliphatic rings. The second-order valence-electron chi connectivity index (χ2n) is 6.12. The van der Waals surface area contributed by atoms with Crippen LogP contribution in [0, 0.1) is 0 Å². The molecule has 0 aromatic heterocycles. The summed E-state index contributed by atoms with van der Waals surface area (Å²) in [6.45, 7) is 4.32. The first-order valence-corrected chi connectivity index (χ1v) is 7.91. The third-order valence-corrected chi connectivity index (χ3v) is 3.65. The number of rotatable bonds is 6. The molecule has 1 amide bonds. The van der Waals surface area contributed by atoms with Crippen molar-refractivity contribution >= 4 is 17.6 Å². The Balaban J connectivity index is 1.77. The van der Waals surface area contributed by atoms with E-state index in [0.29, 0.717) is 36.0 Å².